The van der Waals surface area contributed by atoms with Gasteiger partial charge in [-0.05, 0) is 25.0 Å². The number of hydrogen-bond donors (Lipinski definition) is 2. The number of thiazole rings is 1. The quantitative estimate of drug-likeness (QED) is 0.467. The number of amides is 1. The van der Waals surface area contributed by atoms with Crippen LogP contribution in [-0.4, -0.2) is 16.1 Å². The van der Waals surface area contributed by atoms with E-state index in [1.807, 2.05) is 24.3 Å². The van der Waals surface area contributed by atoms with Gasteiger partial charge in [0.25, 0.3) is 0 Å². The summed E-state index contributed by atoms with van der Waals surface area (Å²) in [5, 5.41) is 18.4. The summed E-state index contributed by atoms with van der Waals surface area (Å²) in [7, 11) is 0. The molecule has 0 bridgehead atoms. The highest BCUT2D eigenvalue weighted by Gasteiger charge is 2.16. The molecule has 2 aromatic rings. The number of nitriles is 1. The lowest BCUT2D eigenvalue weighted by Gasteiger charge is -2.04. The molecule has 1 aromatic carbocycles. The molecule has 2 rings (SSSR count). The normalized spacial score (nSPS) is 10.7. The monoisotopic (exact) mass is 302 g/mol. The lowest BCUT2D eigenvalue weighted by atomic mass is 10.0. The van der Waals surface area contributed by atoms with Gasteiger partial charge < -0.3 is 0 Å². The minimum Gasteiger partial charge on any atom is -0.289 e. The SMILES string of the molecule is N#C[C](CCCCCC(=O)NO)c1nc2ccccc2s1. The third-order valence-corrected chi connectivity index (χ3v) is 4.24. The summed E-state index contributed by atoms with van der Waals surface area (Å²) in [6.07, 6.45) is 3.34. The number of aromatic nitrogens is 1. The van der Waals surface area contributed by atoms with Crippen molar-refractivity contribution in [3.8, 4) is 6.07 Å². The largest absolute Gasteiger partial charge is 0.289 e. The third-order valence-electron chi connectivity index (χ3n) is 3.14. The van der Waals surface area contributed by atoms with Crippen LogP contribution in [0.5, 0.6) is 0 Å². The van der Waals surface area contributed by atoms with Crippen LogP contribution in [0, 0.1) is 17.2 Å². The lowest BCUT2D eigenvalue weighted by molar-refractivity contribution is -0.129. The Morgan fingerprint density at radius 1 is 1.29 bits per heavy atom. The van der Waals surface area contributed by atoms with Gasteiger partial charge in [-0.2, -0.15) is 5.26 Å². The van der Waals surface area contributed by atoms with Crippen molar-refractivity contribution in [3.63, 3.8) is 0 Å². The Kier molecular flexibility index (Phi) is 5.67. The molecule has 2 N–H and O–H groups in total. The van der Waals surface area contributed by atoms with E-state index < -0.39 is 0 Å². The molecule has 1 heterocycles. The van der Waals surface area contributed by atoms with Crippen LogP contribution in [0.1, 0.15) is 37.1 Å². The van der Waals surface area contributed by atoms with Gasteiger partial charge in [0.05, 0.1) is 16.3 Å². The molecule has 6 heteroatoms. The molecule has 1 amide bonds. The molecule has 0 unspecified atom stereocenters. The first-order chi connectivity index (χ1) is 10.2. The van der Waals surface area contributed by atoms with Gasteiger partial charge >= 0.3 is 0 Å². The molecule has 1 radical (unpaired) electrons. The zero-order valence-electron chi connectivity index (χ0n) is 11.5. The predicted molar refractivity (Wildman–Crippen MR) is 80.6 cm³/mol. The third kappa shape index (κ3) is 4.25. The topological polar surface area (TPSA) is 86.0 Å². The van der Waals surface area contributed by atoms with Crippen molar-refractivity contribution in [2.45, 2.75) is 32.1 Å². The minimum absolute atomic E-state index is 0.305. The predicted octanol–water partition coefficient (Wildman–Crippen LogP) is 3.20. The zero-order chi connectivity index (χ0) is 15.1. The van der Waals surface area contributed by atoms with E-state index in [-0.39, 0.29) is 5.91 Å². The number of unbranched alkanes of at least 4 members (excludes halogenated alkanes) is 2. The Labute approximate surface area is 127 Å². The summed E-state index contributed by atoms with van der Waals surface area (Å²) in [5.41, 5.74) is 2.53. The number of hydroxylamine groups is 1. The number of para-hydroxylation sites is 1. The second-order valence-corrected chi connectivity index (χ2v) is 5.70. The molecule has 21 heavy (non-hydrogen) atoms. The van der Waals surface area contributed by atoms with Crippen LogP contribution in [0.2, 0.25) is 0 Å². The average molecular weight is 302 g/mol. The van der Waals surface area contributed by atoms with Gasteiger partial charge in [0, 0.05) is 6.42 Å². The first-order valence-electron chi connectivity index (χ1n) is 6.79. The summed E-state index contributed by atoms with van der Waals surface area (Å²) in [6, 6.07) is 10.1. The van der Waals surface area contributed by atoms with Gasteiger partial charge in [-0.1, -0.05) is 25.0 Å². The van der Waals surface area contributed by atoms with E-state index in [1.54, 1.807) is 5.48 Å². The van der Waals surface area contributed by atoms with Gasteiger partial charge in [0.1, 0.15) is 10.9 Å². The fourth-order valence-corrected chi connectivity index (χ4v) is 3.02. The Hall–Kier alpha value is -1.97. The Morgan fingerprint density at radius 3 is 2.76 bits per heavy atom. The number of nitrogens with one attached hydrogen (secondary N) is 1. The molecule has 5 nitrogen and oxygen atoms in total. The molecule has 0 aliphatic carbocycles. The summed E-state index contributed by atoms with van der Waals surface area (Å²) >= 11 is 1.53. The van der Waals surface area contributed by atoms with Crippen molar-refractivity contribution < 1.29 is 10.0 Å². The smallest absolute Gasteiger partial charge is 0.243 e. The van der Waals surface area contributed by atoms with E-state index in [2.05, 4.69) is 11.1 Å². The second kappa shape index (κ2) is 7.72. The van der Waals surface area contributed by atoms with Crippen molar-refractivity contribution in [1.29, 1.82) is 5.26 Å². The number of carbonyl (C=O) groups excluding carboxylic acids is 1. The summed E-state index contributed by atoms with van der Waals surface area (Å²) < 4.78 is 1.08. The van der Waals surface area contributed by atoms with Crippen LogP contribution in [0.25, 0.3) is 10.2 Å². The van der Waals surface area contributed by atoms with Gasteiger partial charge in [-0.3, -0.25) is 10.0 Å². The molecule has 1 aromatic heterocycles. The van der Waals surface area contributed by atoms with E-state index in [0.717, 1.165) is 28.1 Å². The number of nitrogens with zero attached hydrogens (tertiary/aromatic N) is 2. The van der Waals surface area contributed by atoms with Gasteiger partial charge in [0.2, 0.25) is 5.91 Å². The molecule has 0 saturated heterocycles. The molecule has 0 saturated carbocycles. The van der Waals surface area contributed by atoms with E-state index in [9.17, 15) is 10.1 Å². The first kappa shape index (κ1) is 15.4. The fraction of sp³-hybridized carbons (Fsp3) is 0.333. The van der Waals surface area contributed by atoms with E-state index >= 15 is 0 Å². The Balaban J connectivity index is 1.86. The van der Waals surface area contributed by atoms with Crippen molar-refractivity contribution in [3.05, 3.63) is 35.2 Å². The van der Waals surface area contributed by atoms with Crippen molar-refractivity contribution in [2.75, 3.05) is 0 Å². The van der Waals surface area contributed by atoms with Gasteiger partial charge in [-0.25, -0.2) is 10.5 Å². The maximum absolute atomic E-state index is 10.9. The molecule has 0 aliphatic rings. The highest BCUT2D eigenvalue weighted by Crippen LogP contribution is 2.29. The number of rotatable bonds is 7. The summed E-state index contributed by atoms with van der Waals surface area (Å²) in [6.45, 7) is 0. The maximum Gasteiger partial charge on any atom is 0.243 e. The van der Waals surface area contributed by atoms with E-state index in [0.29, 0.717) is 25.2 Å². The number of fused-ring (bicyclic) bond motifs is 1. The lowest BCUT2D eigenvalue weighted by Crippen LogP contribution is -2.17. The number of benzene rings is 1. The standard InChI is InChI=1S/C15H16N3O2S/c16-10-11(6-2-1-3-9-14(19)18-20)15-17-12-7-4-5-8-13(12)21-15/h4-5,7-8,20H,1-3,6,9H2,(H,18,19). The number of hydrogen-bond acceptors (Lipinski definition) is 5. The highest BCUT2D eigenvalue weighted by atomic mass is 32.1. The second-order valence-electron chi connectivity index (χ2n) is 4.67. The highest BCUT2D eigenvalue weighted by molar-refractivity contribution is 7.18. The van der Waals surface area contributed by atoms with Crippen molar-refractivity contribution in [1.82, 2.24) is 10.5 Å². The van der Waals surface area contributed by atoms with Crippen LogP contribution in [0.4, 0.5) is 0 Å². The zero-order valence-corrected chi connectivity index (χ0v) is 12.3. The first-order valence-corrected chi connectivity index (χ1v) is 7.61. The molecular formula is C15H16N3O2S. The Bertz CT molecular complexity index is 615. The molecule has 0 atom stereocenters. The maximum atomic E-state index is 10.9. The Morgan fingerprint density at radius 2 is 2.05 bits per heavy atom. The average Bonchev–Trinajstić information content (AvgIpc) is 2.94. The van der Waals surface area contributed by atoms with E-state index in [4.69, 9.17) is 5.21 Å². The fourth-order valence-electron chi connectivity index (χ4n) is 2.03. The van der Waals surface area contributed by atoms with Gasteiger partial charge in [0.15, 0.2) is 0 Å². The van der Waals surface area contributed by atoms with Crippen LogP contribution in [0.15, 0.2) is 24.3 Å². The van der Waals surface area contributed by atoms with Crippen molar-refractivity contribution in [2.24, 2.45) is 0 Å². The van der Waals surface area contributed by atoms with Gasteiger partial charge in [-0.15, -0.1) is 11.3 Å². The molecule has 0 spiro atoms. The van der Waals surface area contributed by atoms with Crippen LogP contribution in [0.3, 0.4) is 0 Å². The molecule has 0 aliphatic heterocycles. The summed E-state index contributed by atoms with van der Waals surface area (Å²) in [5.74, 6) is 0.327. The van der Waals surface area contributed by atoms with Crippen LogP contribution >= 0.6 is 11.3 Å². The van der Waals surface area contributed by atoms with Crippen molar-refractivity contribution >= 4 is 27.5 Å². The summed E-state index contributed by atoms with van der Waals surface area (Å²) in [4.78, 5) is 15.3. The minimum atomic E-state index is -0.370. The molecule has 0 fully saturated rings. The molecule has 109 valence electrons. The number of carbonyl (C=O) groups is 1. The van der Waals surface area contributed by atoms with Crippen LogP contribution in [-0.2, 0) is 4.79 Å². The van der Waals surface area contributed by atoms with E-state index in [1.165, 1.54) is 11.3 Å². The van der Waals surface area contributed by atoms with Crippen LogP contribution < -0.4 is 5.48 Å². The molecular weight excluding hydrogens is 286 g/mol.